The molecule has 1 N–H and O–H groups in total. The van der Waals surface area contributed by atoms with Crippen molar-refractivity contribution in [2.75, 3.05) is 13.9 Å². The van der Waals surface area contributed by atoms with Gasteiger partial charge in [0.25, 0.3) is 5.91 Å². The smallest absolute Gasteiger partial charge is 0.273 e. The van der Waals surface area contributed by atoms with Crippen LogP contribution < -0.4 is 19.5 Å². The van der Waals surface area contributed by atoms with Gasteiger partial charge in [-0.15, -0.1) is 0 Å². The lowest BCUT2D eigenvalue weighted by Crippen LogP contribution is -2.27. The van der Waals surface area contributed by atoms with E-state index < -0.39 is 0 Å². The van der Waals surface area contributed by atoms with E-state index in [1.807, 2.05) is 73.7 Å². The van der Waals surface area contributed by atoms with Crippen molar-refractivity contribution in [3.63, 3.8) is 0 Å². The van der Waals surface area contributed by atoms with Gasteiger partial charge >= 0.3 is 0 Å². The van der Waals surface area contributed by atoms with Gasteiger partial charge in [0, 0.05) is 13.1 Å². The quantitative estimate of drug-likeness (QED) is 0.325. The first-order valence-corrected chi connectivity index (χ1v) is 12.1. The number of fused-ring (bicyclic) bond motifs is 1. The zero-order valence-electron chi connectivity index (χ0n) is 20.8. The molecular formula is C29H29N3O5. The van der Waals surface area contributed by atoms with E-state index in [1.165, 1.54) is 6.26 Å². The van der Waals surface area contributed by atoms with E-state index in [0.717, 1.165) is 33.9 Å². The summed E-state index contributed by atoms with van der Waals surface area (Å²) in [7, 11) is 1.65. The minimum atomic E-state index is -0.276. The number of hydrogen-bond acceptors (Lipinski definition) is 7. The molecule has 3 aromatic carbocycles. The Bertz CT molecular complexity index is 1350. The third-order valence-electron chi connectivity index (χ3n) is 6.17. The van der Waals surface area contributed by atoms with Gasteiger partial charge in [-0.3, -0.25) is 9.69 Å². The van der Waals surface area contributed by atoms with Crippen LogP contribution in [0, 0.1) is 0 Å². The highest BCUT2D eigenvalue weighted by molar-refractivity contribution is 5.92. The summed E-state index contributed by atoms with van der Waals surface area (Å²) < 4.78 is 22.1. The van der Waals surface area contributed by atoms with Crippen molar-refractivity contribution in [1.29, 1.82) is 0 Å². The Morgan fingerprint density at radius 3 is 2.57 bits per heavy atom. The van der Waals surface area contributed by atoms with Crippen LogP contribution in [0.1, 0.15) is 46.0 Å². The summed E-state index contributed by atoms with van der Waals surface area (Å²) in [6.07, 6.45) is 1.41. The van der Waals surface area contributed by atoms with Crippen LogP contribution >= 0.6 is 0 Å². The van der Waals surface area contributed by atoms with Crippen LogP contribution in [0.3, 0.4) is 0 Å². The Balaban J connectivity index is 1.30. The molecule has 8 nitrogen and oxygen atoms in total. The predicted molar refractivity (Wildman–Crippen MR) is 137 cm³/mol. The largest absolute Gasteiger partial charge is 0.497 e. The second kappa shape index (κ2) is 11.2. The van der Waals surface area contributed by atoms with Crippen molar-refractivity contribution in [3.8, 4) is 17.2 Å². The molecule has 0 unspecified atom stereocenters. The highest BCUT2D eigenvalue weighted by atomic mass is 16.7. The molecular weight excluding hydrogens is 470 g/mol. The summed E-state index contributed by atoms with van der Waals surface area (Å²) in [5, 5.41) is 2.98. The molecule has 0 fully saturated rings. The SMILES string of the molecule is COc1cccc(CN(Cc2ccc3c(c2)OCO3)Cc2nc(C(=O)N[C@@H](C)c3ccccc3)co2)c1. The van der Waals surface area contributed by atoms with Gasteiger partial charge in [-0.05, 0) is 47.9 Å². The number of methoxy groups -OCH3 is 1. The number of carbonyl (C=O) groups excluding carboxylic acids is 1. The zero-order chi connectivity index (χ0) is 25.6. The van der Waals surface area contributed by atoms with E-state index in [9.17, 15) is 4.79 Å². The number of carbonyl (C=O) groups is 1. The average molecular weight is 500 g/mol. The van der Waals surface area contributed by atoms with E-state index in [0.29, 0.717) is 25.5 Å². The Hall–Kier alpha value is -4.30. The highest BCUT2D eigenvalue weighted by Gasteiger charge is 2.19. The fourth-order valence-corrected chi connectivity index (χ4v) is 4.27. The molecule has 4 aromatic rings. The number of aromatic nitrogens is 1. The molecule has 0 spiro atoms. The van der Waals surface area contributed by atoms with E-state index in [-0.39, 0.29) is 24.4 Å². The third kappa shape index (κ3) is 6.10. The molecule has 190 valence electrons. The highest BCUT2D eigenvalue weighted by Crippen LogP contribution is 2.33. The first kappa shape index (κ1) is 24.4. The molecule has 1 aliphatic heterocycles. The normalized spacial score (nSPS) is 12.9. The Kier molecular flexibility index (Phi) is 7.37. The topological polar surface area (TPSA) is 86.1 Å². The molecule has 1 aliphatic rings. The van der Waals surface area contributed by atoms with E-state index in [2.05, 4.69) is 21.3 Å². The van der Waals surface area contributed by atoms with E-state index >= 15 is 0 Å². The lowest BCUT2D eigenvalue weighted by atomic mass is 10.1. The maximum atomic E-state index is 12.8. The molecule has 2 heterocycles. The van der Waals surface area contributed by atoms with Gasteiger partial charge in [0.1, 0.15) is 12.0 Å². The second-order valence-corrected chi connectivity index (χ2v) is 8.92. The number of rotatable bonds is 10. The molecule has 8 heteroatoms. The van der Waals surface area contributed by atoms with Crippen LogP contribution in [0.15, 0.2) is 83.5 Å². The first-order valence-electron chi connectivity index (χ1n) is 12.1. The number of nitrogens with zero attached hydrogens (tertiary/aromatic N) is 2. The molecule has 1 amide bonds. The minimum Gasteiger partial charge on any atom is -0.497 e. The van der Waals surface area contributed by atoms with Gasteiger partial charge in [0.05, 0.1) is 19.7 Å². The van der Waals surface area contributed by atoms with Crippen LogP contribution in [-0.4, -0.2) is 29.7 Å². The van der Waals surface area contributed by atoms with Crippen molar-refractivity contribution in [2.45, 2.75) is 32.6 Å². The molecule has 5 rings (SSSR count). The monoisotopic (exact) mass is 499 g/mol. The molecule has 0 saturated heterocycles. The van der Waals surface area contributed by atoms with Crippen molar-refractivity contribution in [1.82, 2.24) is 15.2 Å². The van der Waals surface area contributed by atoms with Gasteiger partial charge in [0.2, 0.25) is 12.7 Å². The van der Waals surface area contributed by atoms with Gasteiger partial charge in [-0.25, -0.2) is 4.98 Å². The molecule has 1 aromatic heterocycles. The van der Waals surface area contributed by atoms with Crippen LogP contribution in [0.5, 0.6) is 17.2 Å². The minimum absolute atomic E-state index is 0.149. The lowest BCUT2D eigenvalue weighted by Gasteiger charge is -2.21. The number of nitrogens with one attached hydrogen (secondary N) is 1. The first-order chi connectivity index (χ1) is 18.1. The van der Waals surface area contributed by atoms with Gasteiger partial charge in [-0.1, -0.05) is 48.5 Å². The standard InChI is InChI=1S/C29H29N3O5/c1-20(23-8-4-3-5-9-23)30-29(33)25-18-35-28(31-25)17-32(15-21-7-6-10-24(13-21)34-2)16-22-11-12-26-27(14-22)37-19-36-26/h3-14,18,20H,15-17,19H2,1-2H3,(H,30,33)/t20-/m0/s1. The van der Waals surface area contributed by atoms with Crippen LogP contribution in [-0.2, 0) is 19.6 Å². The van der Waals surface area contributed by atoms with E-state index in [4.69, 9.17) is 18.6 Å². The molecule has 37 heavy (non-hydrogen) atoms. The maximum absolute atomic E-state index is 12.8. The fourth-order valence-electron chi connectivity index (χ4n) is 4.27. The summed E-state index contributed by atoms with van der Waals surface area (Å²) in [6, 6.07) is 23.5. The van der Waals surface area contributed by atoms with Gasteiger partial charge in [0.15, 0.2) is 17.2 Å². The molecule has 0 saturated carbocycles. The number of ether oxygens (including phenoxy) is 3. The molecule has 1 atom stereocenters. The van der Waals surface area contributed by atoms with E-state index in [1.54, 1.807) is 7.11 Å². The van der Waals surface area contributed by atoms with Crippen LogP contribution in [0.2, 0.25) is 0 Å². The van der Waals surface area contributed by atoms with Gasteiger partial charge in [-0.2, -0.15) is 0 Å². The number of benzene rings is 3. The number of hydrogen-bond donors (Lipinski definition) is 1. The molecule has 0 radical (unpaired) electrons. The average Bonchev–Trinajstić information content (AvgIpc) is 3.59. The van der Waals surface area contributed by atoms with Crippen molar-refractivity contribution < 1.29 is 23.4 Å². The predicted octanol–water partition coefficient (Wildman–Crippen LogP) is 5.11. The molecule has 0 aliphatic carbocycles. The summed E-state index contributed by atoms with van der Waals surface area (Å²) in [6.45, 7) is 3.82. The van der Waals surface area contributed by atoms with Crippen LogP contribution in [0.4, 0.5) is 0 Å². The zero-order valence-corrected chi connectivity index (χ0v) is 20.8. The van der Waals surface area contributed by atoms with Crippen molar-refractivity contribution in [2.24, 2.45) is 0 Å². The Morgan fingerprint density at radius 2 is 1.76 bits per heavy atom. The summed E-state index contributed by atoms with van der Waals surface area (Å²) >= 11 is 0. The lowest BCUT2D eigenvalue weighted by molar-refractivity contribution is 0.0934. The van der Waals surface area contributed by atoms with Crippen LogP contribution in [0.25, 0.3) is 0 Å². The van der Waals surface area contributed by atoms with Gasteiger partial charge < -0.3 is 23.9 Å². The van der Waals surface area contributed by atoms with Crippen molar-refractivity contribution >= 4 is 5.91 Å². The third-order valence-corrected chi connectivity index (χ3v) is 6.17. The fraction of sp³-hybridized carbons (Fsp3) is 0.241. The number of amides is 1. The summed E-state index contributed by atoms with van der Waals surface area (Å²) in [4.78, 5) is 19.5. The summed E-state index contributed by atoms with van der Waals surface area (Å²) in [5.74, 6) is 2.46. The summed E-state index contributed by atoms with van der Waals surface area (Å²) in [5.41, 5.74) is 3.42. The Labute approximate surface area is 215 Å². The van der Waals surface area contributed by atoms with Crippen molar-refractivity contribution in [3.05, 3.63) is 107 Å². The maximum Gasteiger partial charge on any atom is 0.273 e. The molecule has 0 bridgehead atoms. The Morgan fingerprint density at radius 1 is 0.973 bits per heavy atom. The second-order valence-electron chi connectivity index (χ2n) is 8.92. The number of oxazole rings is 1.